The molecule has 4 nitrogen and oxygen atoms in total. The normalized spacial score (nSPS) is 15.0. The fourth-order valence-electron chi connectivity index (χ4n) is 3.96. The molecule has 30 heavy (non-hydrogen) atoms. The number of nitrogens with zero attached hydrogens (tertiary/aromatic N) is 1. The maximum absolute atomic E-state index is 13.3. The molecule has 0 radical (unpaired) electrons. The molecule has 1 fully saturated rings. The van der Waals surface area contributed by atoms with Crippen molar-refractivity contribution in [1.29, 1.82) is 0 Å². The number of carbonyl (C=O) groups is 2. The Bertz CT molecular complexity index is 867. The zero-order valence-electron chi connectivity index (χ0n) is 17.2. The molecule has 0 bridgehead atoms. The van der Waals surface area contributed by atoms with Crippen LogP contribution in [0, 0.1) is 0 Å². The van der Waals surface area contributed by atoms with E-state index in [1.165, 1.54) is 0 Å². The smallest absolute Gasteiger partial charge is 0.243 e. The first-order valence-electron chi connectivity index (χ1n) is 10.6. The third-order valence-electron chi connectivity index (χ3n) is 5.63. The van der Waals surface area contributed by atoms with Crippen LogP contribution < -0.4 is 5.32 Å². The summed E-state index contributed by atoms with van der Waals surface area (Å²) in [4.78, 5) is 27.9. The molecule has 0 unspecified atom stereocenters. The molecule has 1 atom stereocenters. The lowest BCUT2D eigenvalue weighted by Crippen LogP contribution is -2.52. The summed E-state index contributed by atoms with van der Waals surface area (Å²) in [5.74, 6) is -0.179. The van der Waals surface area contributed by atoms with Crippen molar-refractivity contribution >= 4 is 35.0 Å². The van der Waals surface area contributed by atoms with Crippen molar-refractivity contribution in [3.63, 3.8) is 0 Å². The van der Waals surface area contributed by atoms with E-state index in [4.69, 9.17) is 23.2 Å². The third-order valence-corrected chi connectivity index (χ3v) is 6.22. The van der Waals surface area contributed by atoms with Crippen LogP contribution in [-0.2, 0) is 22.6 Å². The van der Waals surface area contributed by atoms with E-state index in [-0.39, 0.29) is 24.4 Å². The maximum atomic E-state index is 13.3. The zero-order chi connectivity index (χ0) is 21.5. The van der Waals surface area contributed by atoms with E-state index in [1.54, 1.807) is 17.0 Å². The number of amides is 2. The van der Waals surface area contributed by atoms with Crippen LogP contribution in [0.1, 0.15) is 50.2 Å². The molecule has 1 N–H and O–H groups in total. The van der Waals surface area contributed by atoms with Gasteiger partial charge < -0.3 is 10.2 Å². The molecule has 0 aliphatic heterocycles. The fourth-order valence-corrected chi connectivity index (χ4v) is 4.43. The van der Waals surface area contributed by atoms with Crippen molar-refractivity contribution in [1.82, 2.24) is 10.2 Å². The van der Waals surface area contributed by atoms with Crippen molar-refractivity contribution < 1.29 is 9.59 Å². The number of hydrogen-bond acceptors (Lipinski definition) is 2. The molecule has 2 aromatic rings. The molecule has 1 aliphatic rings. The fraction of sp³-hybridized carbons (Fsp3) is 0.417. The summed E-state index contributed by atoms with van der Waals surface area (Å²) < 4.78 is 0. The summed E-state index contributed by atoms with van der Waals surface area (Å²) in [6.45, 7) is 2.07. The molecule has 160 valence electrons. The van der Waals surface area contributed by atoms with E-state index in [1.807, 2.05) is 43.3 Å². The minimum atomic E-state index is -0.604. The molecule has 0 spiro atoms. The minimum Gasteiger partial charge on any atom is -0.352 e. The Kier molecular flexibility index (Phi) is 8.17. The van der Waals surface area contributed by atoms with Gasteiger partial charge in [0.1, 0.15) is 6.04 Å². The lowest BCUT2D eigenvalue weighted by molar-refractivity contribution is -0.141. The second kappa shape index (κ2) is 10.8. The molecule has 0 aromatic heterocycles. The van der Waals surface area contributed by atoms with Crippen LogP contribution in [0.4, 0.5) is 0 Å². The highest BCUT2D eigenvalue weighted by Crippen LogP contribution is 2.25. The molecular weight excluding hydrogens is 419 g/mol. The van der Waals surface area contributed by atoms with Gasteiger partial charge in [0.25, 0.3) is 0 Å². The number of rotatable bonds is 8. The van der Waals surface area contributed by atoms with Crippen LogP contribution in [0.5, 0.6) is 0 Å². The van der Waals surface area contributed by atoms with Crippen molar-refractivity contribution in [3.8, 4) is 0 Å². The maximum Gasteiger partial charge on any atom is 0.243 e. The Morgan fingerprint density at radius 2 is 1.80 bits per heavy atom. The van der Waals surface area contributed by atoms with Crippen molar-refractivity contribution in [2.75, 3.05) is 0 Å². The molecule has 6 heteroatoms. The predicted octanol–water partition coefficient (Wildman–Crippen LogP) is 5.40. The molecule has 1 saturated carbocycles. The molecule has 0 heterocycles. The monoisotopic (exact) mass is 446 g/mol. The van der Waals surface area contributed by atoms with Gasteiger partial charge in [-0.1, -0.05) is 79.4 Å². The van der Waals surface area contributed by atoms with E-state index in [0.717, 1.165) is 36.8 Å². The zero-order valence-corrected chi connectivity index (χ0v) is 18.8. The van der Waals surface area contributed by atoms with E-state index >= 15 is 0 Å². The Morgan fingerprint density at radius 3 is 2.43 bits per heavy atom. The number of halogens is 2. The number of nitrogens with one attached hydrogen (secondary N) is 1. The van der Waals surface area contributed by atoms with Gasteiger partial charge in [-0.3, -0.25) is 9.59 Å². The lowest BCUT2D eigenvalue weighted by Gasteiger charge is -2.32. The average molecular weight is 447 g/mol. The Hall–Kier alpha value is -2.04. The van der Waals surface area contributed by atoms with Crippen LogP contribution in [0.3, 0.4) is 0 Å². The largest absolute Gasteiger partial charge is 0.352 e. The number of hydrogen-bond donors (Lipinski definition) is 1. The summed E-state index contributed by atoms with van der Waals surface area (Å²) in [5, 5.41) is 4.21. The summed E-state index contributed by atoms with van der Waals surface area (Å²) in [6.07, 6.45) is 5.02. The van der Waals surface area contributed by atoms with Gasteiger partial charge >= 0.3 is 0 Å². The topological polar surface area (TPSA) is 49.4 Å². The first-order valence-corrected chi connectivity index (χ1v) is 11.3. The van der Waals surface area contributed by atoms with Crippen molar-refractivity contribution in [2.45, 2.75) is 64.1 Å². The average Bonchev–Trinajstić information content (AvgIpc) is 3.25. The van der Waals surface area contributed by atoms with Crippen molar-refractivity contribution in [3.05, 3.63) is 69.7 Å². The van der Waals surface area contributed by atoms with Gasteiger partial charge in [0.15, 0.2) is 0 Å². The summed E-state index contributed by atoms with van der Waals surface area (Å²) in [7, 11) is 0. The predicted molar refractivity (Wildman–Crippen MR) is 122 cm³/mol. The van der Waals surface area contributed by atoms with E-state index < -0.39 is 6.04 Å². The van der Waals surface area contributed by atoms with Crippen LogP contribution in [0.25, 0.3) is 0 Å². The first-order chi connectivity index (χ1) is 14.5. The SMILES string of the molecule is CCC(=O)N(Cc1ccc(Cl)cc1Cl)[C@@H](Cc1ccccc1)C(=O)NC1CCCC1. The molecular formula is C24H28Cl2N2O2. The summed E-state index contributed by atoms with van der Waals surface area (Å²) in [6, 6.07) is 14.6. The third kappa shape index (κ3) is 5.99. The van der Waals surface area contributed by atoms with Gasteiger partial charge in [0.2, 0.25) is 11.8 Å². The Labute approximate surface area is 188 Å². The van der Waals surface area contributed by atoms with Crippen molar-refractivity contribution in [2.24, 2.45) is 0 Å². The second-order valence-corrected chi connectivity index (χ2v) is 8.65. The van der Waals surface area contributed by atoms with Crippen LogP contribution >= 0.6 is 23.2 Å². The highest BCUT2D eigenvalue weighted by atomic mass is 35.5. The van der Waals surface area contributed by atoms with Gasteiger partial charge in [0.05, 0.1) is 0 Å². The molecule has 3 rings (SSSR count). The Morgan fingerprint density at radius 1 is 1.10 bits per heavy atom. The highest BCUT2D eigenvalue weighted by Gasteiger charge is 2.31. The van der Waals surface area contributed by atoms with Gasteiger partial charge in [-0.25, -0.2) is 0 Å². The molecule has 0 saturated heterocycles. The molecule has 2 amide bonds. The van der Waals surface area contributed by atoms with Crippen LogP contribution in [0.2, 0.25) is 10.0 Å². The Balaban J connectivity index is 1.90. The summed E-state index contributed by atoms with van der Waals surface area (Å²) >= 11 is 12.4. The lowest BCUT2D eigenvalue weighted by atomic mass is 10.0. The van der Waals surface area contributed by atoms with Crippen LogP contribution in [-0.4, -0.2) is 28.8 Å². The minimum absolute atomic E-state index is 0.0801. The van der Waals surface area contributed by atoms with E-state index in [2.05, 4.69) is 5.32 Å². The van der Waals surface area contributed by atoms with Gasteiger partial charge in [-0.05, 0) is 36.1 Å². The number of carbonyl (C=O) groups excluding carboxylic acids is 2. The van der Waals surface area contributed by atoms with Gasteiger partial charge in [-0.15, -0.1) is 0 Å². The first kappa shape index (κ1) is 22.6. The van der Waals surface area contributed by atoms with Gasteiger partial charge in [0, 0.05) is 35.5 Å². The standard InChI is InChI=1S/C24H28Cl2N2O2/c1-2-23(29)28(16-18-12-13-19(25)15-21(18)26)22(14-17-8-4-3-5-9-17)24(30)27-20-10-6-7-11-20/h3-5,8-9,12-13,15,20,22H,2,6-7,10-11,14,16H2,1H3,(H,27,30)/t22-/m0/s1. The second-order valence-electron chi connectivity index (χ2n) is 7.81. The quantitative estimate of drug-likeness (QED) is 0.589. The molecule has 2 aromatic carbocycles. The summed E-state index contributed by atoms with van der Waals surface area (Å²) in [5.41, 5.74) is 1.79. The van der Waals surface area contributed by atoms with Gasteiger partial charge in [-0.2, -0.15) is 0 Å². The molecule has 1 aliphatic carbocycles. The number of benzene rings is 2. The van der Waals surface area contributed by atoms with Crippen LogP contribution in [0.15, 0.2) is 48.5 Å². The highest BCUT2D eigenvalue weighted by molar-refractivity contribution is 6.35. The van der Waals surface area contributed by atoms with E-state index in [9.17, 15) is 9.59 Å². The van der Waals surface area contributed by atoms with E-state index in [0.29, 0.717) is 22.9 Å².